The molecule has 0 aliphatic heterocycles. The molecule has 0 heterocycles. The van der Waals surface area contributed by atoms with Crippen molar-refractivity contribution >= 4 is 17.5 Å². The van der Waals surface area contributed by atoms with Gasteiger partial charge in [0.2, 0.25) is 11.8 Å². The molecule has 0 radical (unpaired) electrons. The first-order valence-electron chi connectivity index (χ1n) is 9.20. The highest BCUT2D eigenvalue weighted by Gasteiger charge is 2.15. The van der Waals surface area contributed by atoms with Crippen LogP contribution >= 0.6 is 0 Å². The number of nitrogens with zero attached hydrogens (tertiary/aromatic N) is 1. The molecule has 8 heteroatoms. The second kappa shape index (κ2) is 11.0. The molecule has 0 aromatic heterocycles. The van der Waals surface area contributed by atoms with E-state index in [0.717, 1.165) is 5.56 Å². The summed E-state index contributed by atoms with van der Waals surface area (Å²) >= 11 is 0. The average Bonchev–Trinajstić information content (AvgIpc) is 2.73. The number of amides is 2. The van der Waals surface area contributed by atoms with Crippen LogP contribution in [0.2, 0.25) is 0 Å². The van der Waals surface area contributed by atoms with Crippen molar-refractivity contribution in [3.05, 3.63) is 53.8 Å². The minimum Gasteiger partial charge on any atom is -0.497 e. The Morgan fingerprint density at radius 1 is 1.00 bits per heavy atom. The predicted molar refractivity (Wildman–Crippen MR) is 109 cm³/mol. The van der Waals surface area contributed by atoms with Crippen LogP contribution in [0, 0.1) is 5.82 Å². The lowest BCUT2D eigenvalue weighted by Crippen LogP contribution is -2.40. The van der Waals surface area contributed by atoms with E-state index in [1.807, 2.05) is 6.92 Å². The smallest absolute Gasteiger partial charge is 0.238 e. The predicted octanol–water partition coefficient (Wildman–Crippen LogP) is 2.42. The summed E-state index contributed by atoms with van der Waals surface area (Å²) in [5, 5.41) is 5.55. The quantitative estimate of drug-likeness (QED) is 0.637. The Morgan fingerprint density at radius 2 is 1.69 bits per heavy atom. The fourth-order valence-electron chi connectivity index (χ4n) is 2.64. The number of nitrogens with one attached hydrogen (secondary N) is 2. The molecular formula is C21H26FN3O4. The SMILES string of the molecule is CCN(CC(=O)NCc1ccc(F)cc1)CC(=O)Nc1ccc(OC)cc1OC. The molecule has 2 aromatic rings. The molecule has 0 unspecified atom stereocenters. The van der Waals surface area contributed by atoms with Crippen LogP contribution < -0.4 is 20.1 Å². The van der Waals surface area contributed by atoms with Gasteiger partial charge in [-0.2, -0.15) is 0 Å². The molecule has 0 saturated carbocycles. The third kappa shape index (κ3) is 7.08. The third-order valence-corrected chi connectivity index (χ3v) is 4.27. The first-order valence-corrected chi connectivity index (χ1v) is 9.20. The normalized spacial score (nSPS) is 10.5. The summed E-state index contributed by atoms with van der Waals surface area (Å²) in [4.78, 5) is 26.3. The van der Waals surface area contributed by atoms with Gasteiger partial charge in [0.05, 0.1) is 33.0 Å². The summed E-state index contributed by atoms with van der Waals surface area (Å²) in [7, 11) is 3.06. The molecule has 0 aliphatic carbocycles. The van der Waals surface area contributed by atoms with E-state index in [2.05, 4.69) is 10.6 Å². The van der Waals surface area contributed by atoms with Crippen LogP contribution in [0.25, 0.3) is 0 Å². The Labute approximate surface area is 169 Å². The molecule has 156 valence electrons. The highest BCUT2D eigenvalue weighted by atomic mass is 19.1. The number of rotatable bonds is 10. The molecule has 29 heavy (non-hydrogen) atoms. The first kappa shape index (κ1) is 22.2. The Kier molecular flexibility index (Phi) is 8.42. The highest BCUT2D eigenvalue weighted by molar-refractivity contribution is 5.94. The van der Waals surface area contributed by atoms with Crippen LogP contribution in [0.1, 0.15) is 12.5 Å². The van der Waals surface area contributed by atoms with Crippen molar-refractivity contribution in [1.82, 2.24) is 10.2 Å². The molecule has 2 aromatic carbocycles. The lowest BCUT2D eigenvalue weighted by molar-refractivity contribution is -0.123. The van der Waals surface area contributed by atoms with Crippen LogP contribution in [0.15, 0.2) is 42.5 Å². The zero-order valence-corrected chi connectivity index (χ0v) is 16.8. The molecule has 2 rings (SSSR count). The number of benzene rings is 2. The van der Waals surface area contributed by atoms with E-state index >= 15 is 0 Å². The van der Waals surface area contributed by atoms with E-state index < -0.39 is 0 Å². The zero-order chi connectivity index (χ0) is 21.2. The molecule has 0 spiro atoms. The minimum absolute atomic E-state index is 0.0512. The van der Waals surface area contributed by atoms with Gasteiger partial charge in [-0.1, -0.05) is 19.1 Å². The summed E-state index contributed by atoms with van der Waals surface area (Å²) in [5.74, 6) is 0.301. The van der Waals surface area contributed by atoms with Gasteiger partial charge < -0.3 is 20.1 Å². The van der Waals surface area contributed by atoms with Gasteiger partial charge in [0.25, 0.3) is 0 Å². The minimum atomic E-state index is -0.322. The van der Waals surface area contributed by atoms with Gasteiger partial charge in [-0.25, -0.2) is 4.39 Å². The highest BCUT2D eigenvalue weighted by Crippen LogP contribution is 2.28. The fraction of sp³-hybridized carbons (Fsp3) is 0.333. The average molecular weight is 403 g/mol. The lowest BCUT2D eigenvalue weighted by atomic mass is 10.2. The summed E-state index contributed by atoms with van der Waals surface area (Å²) < 4.78 is 23.3. The van der Waals surface area contributed by atoms with Gasteiger partial charge in [-0.05, 0) is 36.4 Å². The second-order valence-electron chi connectivity index (χ2n) is 6.32. The number of carbonyl (C=O) groups is 2. The standard InChI is InChI=1S/C21H26FN3O4/c1-4-25(13-20(26)23-12-15-5-7-16(22)8-6-15)14-21(27)24-18-10-9-17(28-2)11-19(18)29-3/h5-11H,4,12-14H2,1-3H3,(H,23,26)(H,24,27). The monoisotopic (exact) mass is 403 g/mol. The molecule has 0 atom stereocenters. The number of halogens is 1. The number of ether oxygens (including phenoxy) is 2. The summed E-state index contributed by atoms with van der Waals surface area (Å²) in [6.45, 7) is 2.82. The van der Waals surface area contributed by atoms with Crippen LogP contribution in [-0.2, 0) is 16.1 Å². The fourth-order valence-corrected chi connectivity index (χ4v) is 2.64. The number of anilines is 1. The van der Waals surface area contributed by atoms with E-state index in [-0.39, 0.29) is 30.7 Å². The molecule has 0 aliphatic rings. The van der Waals surface area contributed by atoms with E-state index in [1.54, 1.807) is 42.3 Å². The Bertz CT molecular complexity index is 827. The number of likely N-dealkylation sites (N-methyl/N-ethyl adjacent to an activating group) is 1. The molecule has 7 nitrogen and oxygen atoms in total. The second-order valence-corrected chi connectivity index (χ2v) is 6.32. The van der Waals surface area contributed by atoms with E-state index in [0.29, 0.717) is 30.3 Å². The number of carbonyl (C=O) groups excluding carboxylic acids is 2. The van der Waals surface area contributed by atoms with Gasteiger partial charge in [0.1, 0.15) is 17.3 Å². The maximum absolute atomic E-state index is 12.9. The topological polar surface area (TPSA) is 79.9 Å². The largest absolute Gasteiger partial charge is 0.497 e. The Morgan fingerprint density at radius 3 is 2.31 bits per heavy atom. The van der Waals surface area contributed by atoms with Crippen LogP contribution in [0.5, 0.6) is 11.5 Å². The molecule has 2 N–H and O–H groups in total. The lowest BCUT2D eigenvalue weighted by Gasteiger charge is -2.20. The van der Waals surface area contributed by atoms with Gasteiger partial charge in [-0.15, -0.1) is 0 Å². The van der Waals surface area contributed by atoms with Crippen LogP contribution in [0.4, 0.5) is 10.1 Å². The van der Waals surface area contributed by atoms with Crippen LogP contribution in [-0.4, -0.2) is 50.6 Å². The van der Waals surface area contributed by atoms with Gasteiger partial charge in [0.15, 0.2) is 0 Å². The van der Waals surface area contributed by atoms with E-state index in [4.69, 9.17) is 9.47 Å². The number of methoxy groups -OCH3 is 2. The maximum Gasteiger partial charge on any atom is 0.238 e. The van der Waals surface area contributed by atoms with Crippen molar-refractivity contribution < 1.29 is 23.5 Å². The number of hydrogen-bond acceptors (Lipinski definition) is 5. The van der Waals surface area contributed by atoms with Gasteiger partial charge >= 0.3 is 0 Å². The van der Waals surface area contributed by atoms with Crippen molar-refractivity contribution in [2.75, 3.05) is 39.2 Å². The molecule has 2 amide bonds. The molecular weight excluding hydrogens is 377 g/mol. The molecule has 0 saturated heterocycles. The van der Waals surface area contributed by atoms with Gasteiger partial charge in [-0.3, -0.25) is 14.5 Å². The summed E-state index contributed by atoms with van der Waals surface area (Å²) in [6.07, 6.45) is 0. The summed E-state index contributed by atoms with van der Waals surface area (Å²) in [5.41, 5.74) is 1.32. The van der Waals surface area contributed by atoms with Crippen molar-refractivity contribution in [3.63, 3.8) is 0 Å². The maximum atomic E-state index is 12.9. The molecule has 0 fully saturated rings. The van der Waals surface area contributed by atoms with Crippen molar-refractivity contribution in [3.8, 4) is 11.5 Å². The van der Waals surface area contributed by atoms with Crippen molar-refractivity contribution in [1.29, 1.82) is 0 Å². The summed E-state index contributed by atoms with van der Waals surface area (Å²) in [6, 6.07) is 11.0. The van der Waals surface area contributed by atoms with E-state index in [9.17, 15) is 14.0 Å². The van der Waals surface area contributed by atoms with Crippen molar-refractivity contribution in [2.45, 2.75) is 13.5 Å². The molecule has 0 bridgehead atoms. The first-order chi connectivity index (χ1) is 13.9. The van der Waals surface area contributed by atoms with Crippen molar-refractivity contribution in [2.24, 2.45) is 0 Å². The Balaban J connectivity index is 1.86. The van der Waals surface area contributed by atoms with Crippen LogP contribution in [0.3, 0.4) is 0 Å². The Hall–Kier alpha value is -3.13. The number of hydrogen-bond donors (Lipinski definition) is 2. The zero-order valence-electron chi connectivity index (χ0n) is 16.8. The van der Waals surface area contributed by atoms with E-state index in [1.165, 1.54) is 19.2 Å². The van der Waals surface area contributed by atoms with Gasteiger partial charge in [0, 0.05) is 12.6 Å². The third-order valence-electron chi connectivity index (χ3n) is 4.27.